The molecule has 0 radical (unpaired) electrons. The highest BCUT2D eigenvalue weighted by molar-refractivity contribution is 6.03. The van der Waals surface area contributed by atoms with Gasteiger partial charge in [0.2, 0.25) is 5.54 Å². The average molecular weight is 354 g/mol. The summed E-state index contributed by atoms with van der Waals surface area (Å²) >= 11 is 0. The minimum atomic E-state index is -2.13. The maximum atomic E-state index is 12.6. The summed E-state index contributed by atoms with van der Waals surface area (Å²) in [5.41, 5.74) is 7.48. The molecule has 2 aromatic rings. The van der Waals surface area contributed by atoms with E-state index in [1.54, 1.807) is 0 Å². The highest BCUT2D eigenvalue weighted by Gasteiger charge is 2.44. The third kappa shape index (κ3) is 3.10. The Morgan fingerprint density at radius 1 is 1.15 bits per heavy atom. The molecule has 0 saturated heterocycles. The van der Waals surface area contributed by atoms with Crippen molar-refractivity contribution in [2.75, 3.05) is 6.58 Å². The lowest BCUT2D eigenvalue weighted by Gasteiger charge is -2.24. The zero-order valence-corrected chi connectivity index (χ0v) is 14.6. The van der Waals surface area contributed by atoms with Crippen molar-refractivity contribution in [1.82, 2.24) is 0 Å². The highest BCUT2D eigenvalue weighted by Crippen LogP contribution is 2.44. The van der Waals surface area contributed by atoms with Crippen LogP contribution in [0.1, 0.15) is 44.6 Å². The second-order valence-corrected chi connectivity index (χ2v) is 6.57. The van der Waals surface area contributed by atoms with Crippen molar-refractivity contribution < 1.29 is 20.8 Å². The molecule has 5 heteroatoms. The van der Waals surface area contributed by atoms with Gasteiger partial charge in [0.05, 0.1) is 1.37 Å². The van der Waals surface area contributed by atoms with Crippen LogP contribution in [0.25, 0.3) is 11.1 Å². The molecule has 2 atom stereocenters. The lowest BCUT2D eigenvalue weighted by molar-refractivity contribution is -0.161. The molecular formula is C21H23NO4. The summed E-state index contributed by atoms with van der Waals surface area (Å²) in [5.74, 6) is -2.98. The van der Waals surface area contributed by atoms with E-state index in [-0.39, 0.29) is 6.42 Å². The molecule has 0 spiro atoms. The molecule has 136 valence electrons. The summed E-state index contributed by atoms with van der Waals surface area (Å²) in [6.07, 6.45) is 1.16. The van der Waals surface area contributed by atoms with E-state index in [4.69, 9.17) is 11.8 Å². The quantitative estimate of drug-likeness (QED) is 0.588. The van der Waals surface area contributed by atoms with Crippen LogP contribution in [-0.2, 0) is 14.3 Å². The number of rotatable bonds is 7. The van der Waals surface area contributed by atoms with Crippen molar-refractivity contribution in [2.45, 2.75) is 37.6 Å². The Hall–Kier alpha value is -2.66. The number of carboxylic acids is 1. The molecule has 1 aliphatic carbocycles. The molecule has 0 amide bonds. The number of ether oxygens (including phenoxy) is 1. The molecular weight excluding hydrogens is 330 g/mol. The van der Waals surface area contributed by atoms with E-state index in [1.807, 2.05) is 55.5 Å². The maximum absolute atomic E-state index is 12.6. The SMILES string of the molecule is [2H]C(OC(=O)C(N)(CCCC)C(=O)O)C1c2ccccc2-c2ccccc21. The van der Waals surface area contributed by atoms with Gasteiger partial charge in [0.25, 0.3) is 0 Å². The monoisotopic (exact) mass is 354 g/mol. The number of carbonyl (C=O) groups is 2. The Morgan fingerprint density at radius 3 is 2.19 bits per heavy atom. The number of carbonyl (C=O) groups excluding carboxylic acids is 1. The number of esters is 1. The minimum Gasteiger partial charge on any atom is -0.479 e. The van der Waals surface area contributed by atoms with Crippen LogP contribution in [0.5, 0.6) is 0 Å². The highest BCUT2D eigenvalue weighted by atomic mass is 16.5. The Bertz CT molecular complexity index is 823. The van der Waals surface area contributed by atoms with Crippen molar-refractivity contribution >= 4 is 11.9 Å². The first-order chi connectivity index (χ1) is 12.9. The molecule has 0 aromatic heterocycles. The normalized spacial score (nSPS) is 16.8. The van der Waals surface area contributed by atoms with Crippen molar-refractivity contribution in [1.29, 1.82) is 0 Å². The fraction of sp³-hybridized carbons (Fsp3) is 0.333. The second kappa shape index (κ2) is 7.30. The lowest BCUT2D eigenvalue weighted by Crippen LogP contribution is -2.56. The molecule has 0 aliphatic heterocycles. The summed E-state index contributed by atoms with van der Waals surface area (Å²) in [4.78, 5) is 24.1. The largest absolute Gasteiger partial charge is 0.479 e. The van der Waals surface area contributed by atoms with Gasteiger partial charge in [-0.3, -0.25) is 0 Å². The number of benzene rings is 2. The smallest absolute Gasteiger partial charge is 0.337 e. The van der Waals surface area contributed by atoms with Gasteiger partial charge in [0, 0.05) is 5.92 Å². The molecule has 1 aliphatic rings. The lowest BCUT2D eigenvalue weighted by atomic mass is 9.93. The molecule has 0 fully saturated rings. The van der Waals surface area contributed by atoms with E-state index in [9.17, 15) is 14.7 Å². The van der Waals surface area contributed by atoms with Crippen LogP contribution >= 0.6 is 0 Å². The molecule has 0 saturated carbocycles. The fourth-order valence-corrected chi connectivity index (χ4v) is 3.33. The summed E-state index contributed by atoms with van der Waals surface area (Å²) in [7, 11) is 0. The van der Waals surface area contributed by atoms with Crippen LogP contribution in [0.15, 0.2) is 48.5 Å². The van der Waals surface area contributed by atoms with Crippen LogP contribution in [-0.4, -0.2) is 29.2 Å². The van der Waals surface area contributed by atoms with Crippen molar-refractivity contribution in [2.24, 2.45) is 5.73 Å². The van der Waals surface area contributed by atoms with Crippen LogP contribution in [0.3, 0.4) is 0 Å². The van der Waals surface area contributed by atoms with E-state index in [2.05, 4.69) is 0 Å². The second-order valence-electron chi connectivity index (χ2n) is 6.57. The molecule has 0 heterocycles. The number of hydrogen-bond acceptors (Lipinski definition) is 4. The summed E-state index contributed by atoms with van der Waals surface area (Å²) in [6.45, 7) is 0.596. The zero-order chi connectivity index (χ0) is 19.6. The predicted octanol–water partition coefficient (Wildman–Crippen LogP) is 3.31. The fourth-order valence-electron chi connectivity index (χ4n) is 3.33. The topological polar surface area (TPSA) is 89.6 Å². The van der Waals surface area contributed by atoms with E-state index >= 15 is 0 Å². The van der Waals surface area contributed by atoms with Crippen molar-refractivity contribution in [3.63, 3.8) is 0 Å². The van der Waals surface area contributed by atoms with Gasteiger partial charge in [-0.15, -0.1) is 0 Å². The Morgan fingerprint density at radius 2 is 1.69 bits per heavy atom. The number of unbranched alkanes of at least 4 members (excludes halogenated alkanes) is 1. The minimum absolute atomic E-state index is 0.0256. The molecule has 2 aromatic carbocycles. The maximum Gasteiger partial charge on any atom is 0.337 e. The first-order valence-electron chi connectivity index (χ1n) is 9.31. The van der Waals surface area contributed by atoms with Crippen LogP contribution in [0.4, 0.5) is 0 Å². The van der Waals surface area contributed by atoms with Gasteiger partial charge < -0.3 is 15.6 Å². The average Bonchev–Trinajstić information content (AvgIpc) is 3.00. The number of hydrogen-bond donors (Lipinski definition) is 2. The van der Waals surface area contributed by atoms with E-state index in [0.717, 1.165) is 22.3 Å². The van der Waals surface area contributed by atoms with Crippen LogP contribution in [0.2, 0.25) is 0 Å². The van der Waals surface area contributed by atoms with Crippen LogP contribution < -0.4 is 5.73 Å². The Labute approximate surface area is 154 Å². The molecule has 3 rings (SSSR count). The first-order valence-corrected chi connectivity index (χ1v) is 8.74. The van der Waals surface area contributed by atoms with E-state index < -0.39 is 30.0 Å². The van der Waals surface area contributed by atoms with Gasteiger partial charge >= 0.3 is 11.9 Å². The molecule has 0 bridgehead atoms. The van der Waals surface area contributed by atoms with E-state index in [0.29, 0.717) is 12.8 Å². The third-order valence-corrected chi connectivity index (χ3v) is 4.86. The van der Waals surface area contributed by atoms with Crippen LogP contribution in [0, 0.1) is 0 Å². The summed E-state index contributed by atoms with van der Waals surface area (Å²) < 4.78 is 13.8. The van der Waals surface area contributed by atoms with Crippen molar-refractivity contribution in [3.05, 3.63) is 59.7 Å². The van der Waals surface area contributed by atoms with Gasteiger partial charge in [-0.25, -0.2) is 9.59 Å². The Kier molecular flexibility index (Phi) is 4.71. The standard InChI is InChI=1S/C21H23NO4/c1-2-3-12-21(22,19(23)24)20(25)26-13-18-16-10-6-4-8-14(16)15-9-5-7-11-17(15)18/h4-11,18H,2-3,12-13,22H2,1H3,(H,23,24)/i13D. The van der Waals surface area contributed by atoms with Crippen molar-refractivity contribution in [3.8, 4) is 11.1 Å². The van der Waals surface area contributed by atoms with Gasteiger partial charge in [-0.05, 0) is 28.7 Å². The Balaban J connectivity index is 1.89. The third-order valence-electron chi connectivity index (χ3n) is 4.86. The van der Waals surface area contributed by atoms with Gasteiger partial charge in [-0.2, -0.15) is 0 Å². The van der Waals surface area contributed by atoms with Gasteiger partial charge in [0.15, 0.2) is 0 Å². The molecule has 26 heavy (non-hydrogen) atoms. The molecule has 3 N–H and O–H groups in total. The number of aliphatic carboxylic acids is 1. The summed E-state index contributed by atoms with van der Waals surface area (Å²) in [5, 5.41) is 9.44. The van der Waals surface area contributed by atoms with Gasteiger partial charge in [-0.1, -0.05) is 68.3 Å². The summed E-state index contributed by atoms with van der Waals surface area (Å²) in [6, 6.07) is 15.3. The number of carboxylic acid groups (broad SMARTS) is 1. The predicted molar refractivity (Wildman–Crippen MR) is 98.8 cm³/mol. The van der Waals surface area contributed by atoms with Gasteiger partial charge in [0.1, 0.15) is 6.58 Å². The molecule has 5 nitrogen and oxygen atoms in total. The molecule has 2 unspecified atom stereocenters. The zero-order valence-electron chi connectivity index (χ0n) is 15.6. The number of fused-ring (bicyclic) bond motifs is 3. The van der Waals surface area contributed by atoms with E-state index in [1.165, 1.54) is 0 Å². The number of nitrogens with two attached hydrogens (primary N) is 1. The first kappa shape index (κ1) is 16.8.